The van der Waals surface area contributed by atoms with Gasteiger partial charge in [-0.3, -0.25) is 0 Å². The van der Waals surface area contributed by atoms with E-state index in [2.05, 4.69) is 20.3 Å². The Morgan fingerprint density at radius 2 is 2.23 bits per heavy atom. The number of hydrogen-bond donors (Lipinski definition) is 0. The topological polar surface area (TPSA) is 56.5 Å². The molecule has 0 unspecified atom stereocenters. The number of alkyl halides is 1. The van der Waals surface area contributed by atoms with Crippen LogP contribution in [0.3, 0.4) is 0 Å². The van der Waals surface area contributed by atoms with Crippen LogP contribution in [0.1, 0.15) is 5.69 Å². The van der Waals surface area contributed by atoms with Crippen LogP contribution in [0.15, 0.2) is 24.8 Å². The number of halogens is 1. The minimum Gasteiger partial charge on any atom is -0.223 e. The first-order chi connectivity index (χ1) is 6.40. The van der Waals surface area contributed by atoms with Crippen molar-refractivity contribution in [2.45, 2.75) is 5.88 Å². The second-order valence-electron chi connectivity index (χ2n) is 2.36. The molecule has 6 heteroatoms. The van der Waals surface area contributed by atoms with Crippen molar-refractivity contribution in [1.29, 1.82) is 0 Å². The Kier molecular flexibility index (Phi) is 2.18. The van der Waals surface area contributed by atoms with Crippen molar-refractivity contribution in [3.05, 3.63) is 30.5 Å². The third-order valence-corrected chi connectivity index (χ3v) is 1.77. The predicted molar refractivity (Wildman–Crippen MR) is 46.5 cm³/mol. The standard InChI is InChI=1S/C7H6ClN5/c8-3-6-1-2-7(12-11-6)13-5-9-4-10-13/h1-2,4-5H,3H2. The van der Waals surface area contributed by atoms with E-state index in [0.29, 0.717) is 11.7 Å². The van der Waals surface area contributed by atoms with Gasteiger partial charge in [0.2, 0.25) is 0 Å². The molecule has 2 rings (SSSR count). The summed E-state index contributed by atoms with van der Waals surface area (Å²) in [5.41, 5.74) is 0.741. The fourth-order valence-corrected chi connectivity index (χ4v) is 1.02. The van der Waals surface area contributed by atoms with Crippen LogP contribution in [0.4, 0.5) is 0 Å². The Balaban J connectivity index is 2.33. The molecule has 0 N–H and O–H groups in total. The van der Waals surface area contributed by atoms with Crippen LogP contribution in [0.5, 0.6) is 0 Å². The smallest absolute Gasteiger partial charge is 0.177 e. The van der Waals surface area contributed by atoms with Gasteiger partial charge < -0.3 is 0 Å². The summed E-state index contributed by atoms with van der Waals surface area (Å²) in [4.78, 5) is 3.80. The molecule has 0 radical (unpaired) electrons. The molecular formula is C7H6ClN5. The van der Waals surface area contributed by atoms with Gasteiger partial charge in [-0.1, -0.05) is 0 Å². The average Bonchev–Trinajstić information content (AvgIpc) is 2.71. The molecule has 2 heterocycles. The van der Waals surface area contributed by atoms with Crippen molar-refractivity contribution < 1.29 is 0 Å². The Morgan fingerprint density at radius 3 is 2.77 bits per heavy atom. The van der Waals surface area contributed by atoms with Gasteiger partial charge >= 0.3 is 0 Å². The fraction of sp³-hybridized carbons (Fsp3) is 0.143. The van der Waals surface area contributed by atoms with E-state index in [1.165, 1.54) is 11.0 Å². The highest BCUT2D eigenvalue weighted by atomic mass is 35.5. The van der Waals surface area contributed by atoms with E-state index in [0.717, 1.165) is 5.69 Å². The summed E-state index contributed by atoms with van der Waals surface area (Å²) < 4.78 is 1.53. The van der Waals surface area contributed by atoms with E-state index >= 15 is 0 Å². The van der Waals surface area contributed by atoms with Crippen molar-refractivity contribution >= 4 is 11.6 Å². The Labute approximate surface area is 79.4 Å². The summed E-state index contributed by atoms with van der Waals surface area (Å²) in [5.74, 6) is 0.997. The maximum absolute atomic E-state index is 5.57. The fourth-order valence-electron chi connectivity index (χ4n) is 0.873. The van der Waals surface area contributed by atoms with E-state index in [-0.39, 0.29) is 0 Å². The molecule has 0 saturated heterocycles. The molecule has 0 spiro atoms. The maximum atomic E-state index is 5.57. The van der Waals surface area contributed by atoms with Gasteiger partial charge in [0.05, 0.1) is 11.6 Å². The van der Waals surface area contributed by atoms with Gasteiger partial charge in [0.15, 0.2) is 5.82 Å². The molecule has 0 bridgehead atoms. The van der Waals surface area contributed by atoms with Crippen LogP contribution >= 0.6 is 11.6 Å². The third-order valence-electron chi connectivity index (χ3n) is 1.50. The van der Waals surface area contributed by atoms with Crippen LogP contribution in [-0.4, -0.2) is 25.0 Å². The Morgan fingerprint density at radius 1 is 1.31 bits per heavy atom. The van der Waals surface area contributed by atoms with Crippen LogP contribution in [0, 0.1) is 0 Å². The molecule has 2 aromatic rings. The number of rotatable bonds is 2. The van der Waals surface area contributed by atoms with Crippen LogP contribution in [0.25, 0.3) is 5.82 Å². The van der Waals surface area contributed by atoms with Crippen molar-refractivity contribution in [3.8, 4) is 5.82 Å². The molecule has 66 valence electrons. The molecule has 0 aliphatic carbocycles. The van der Waals surface area contributed by atoms with E-state index in [1.807, 2.05) is 0 Å². The molecule has 13 heavy (non-hydrogen) atoms. The van der Waals surface area contributed by atoms with Gasteiger partial charge in [0.1, 0.15) is 12.7 Å². The first-order valence-electron chi connectivity index (χ1n) is 3.64. The first kappa shape index (κ1) is 8.12. The molecule has 2 aromatic heterocycles. The summed E-state index contributed by atoms with van der Waals surface area (Å²) in [7, 11) is 0. The van der Waals surface area contributed by atoms with Crippen molar-refractivity contribution in [1.82, 2.24) is 25.0 Å². The lowest BCUT2D eigenvalue weighted by molar-refractivity contribution is 0.803. The molecule has 0 saturated carbocycles. The number of nitrogens with zero attached hydrogens (tertiary/aromatic N) is 5. The number of hydrogen-bond acceptors (Lipinski definition) is 4. The minimum atomic E-state index is 0.366. The summed E-state index contributed by atoms with van der Waals surface area (Å²) in [6.45, 7) is 0. The zero-order valence-corrected chi connectivity index (χ0v) is 7.39. The molecule has 0 aromatic carbocycles. The SMILES string of the molecule is ClCc1ccc(-n2cncn2)nn1. The molecule has 0 amide bonds. The lowest BCUT2D eigenvalue weighted by Gasteiger charge is -1.97. The predicted octanol–water partition coefficient (Wildman–Crippen LogP) is 0.796. The first-order valence-corrected chi connectivity index (χ1v) is 4.17. The Bertz CT molecular complexity index is 368. The van der Waals surface area contributed by atoms with Crippen molar-refractivity contribution in [2.24, 2.45) is 0 Å². The van der Waals surface area contributed by atoms with E-state index < -0.39 is 0 Å². The van der Waals surface area contributed by atoms with Gasteiger partial charge in [0, 0.05) is 0 Å². The van der Waals surface area contributed by atoms with Crippen molar-refractivity contribution in [2.75, 3.05) is 0 Å². The zero-order valence-electron chi connectivity index (χ0n) is 6.63. The minimum absolute atomic E-state index is 0.366. The van der Waals surface area contributed by atoms with Gasteiger partial charge in [-0.25, -0.2) is 9.67 Å². The third kappa shape index (κ3) is 1.65. The molecule has 0 atom stereocenters. The summed E-state index contributed by atoms with van der Waals surface area (Å²) >= 11 is 5.57. The maximum Gasteiger partial charge on any atom is 0.177 e. The highest BCUT2D eigenvalue weighted by Crippen LogP contribution is 2.02. The number of aromatic nitrogens is 5. The summed E-state index contributed by atoms with van der Waals surface area (Å²) in [6, 6.07) is 3.59. The van der Waals surface area contributed by atoms with E-state index in [4.69, 9.17) is 11.6 Å². The lowest BCUT2D eigenvalue weighted by Crippen LogP contribution is -2.00. The lowest BCUT2D eigenvalue weighted by atomic mass is 10.4. The van der Waals surface area contributed by atoms with Gasteiger partial charge in [-0.05, 0) is 12.1 Å². The normalized spacial score (nSPS) is 10.2. The average molecular weight is 196 g/mol. The van der Waals surface area contributed by atoms with Crippen LogP contribution < -0.4 is 0 Å². The van der Waals surface area contributed by atoms with Gasteiger partial charge in [-0.15, -0.1) is 16.7 Å². The summed E-state index contributed by atoms with van der Waals surface area (Å²) in [6.07, 6.45) is 3.00. The second kappa shape index (κ2) is 3.49. The van der Waals surface area contributed by atoms with E-state index in [9.17, 15) is 0 Å². The molecule has 0 aliphatic rings. The van der Waals surface area contributed by atoms with Crippen LogP contribution in [-0.2, 0) is 5.88 Å². The van der Waals surface area contributed by atoms with Gasteiger partial charge in [-0.2, -0.15) is 10.2 Å². The highest BCUT2D eigenvalue weighted by molar-refractivity contribution is 6.16. The molecular weight excluding hydrogens is 190 g/mol. The largest absolute Gasteiger partial charge is 0.223 e. The second-order valence-corrected chi connectivity index (χ2v) is 2.62. The van der Waals surface area contributed by atoms with Crippen molar-refractivity contribution in [3.63, 3.8) is 0 Å². The summed E-state index contributed by atoms with van der Waals surface area (Å²) in [5, 5.41) is 11.7. The van der Waals surface area contributed by atoms with Gasteiger partial charge in [0.25, 0.3) is 0 Å². The molecule has 0 aliphatic heterocycles. The highest BCUT2D eigenvalue weighted by Gasteiger charge is 1.98. The van der Waals surface area contributed by atoms with Crippen LogP contribution in [0.2, 0.25) is 0 Å². The van der Waals surface area contributed by atoms with E-state index in [1.54, 1.807) is 18.5 Å². The molecule has 0 fully saturated rings. The quantitative estimate of drug-likeness (QED) is 0.665. The molecule has 5 nitrogen and oxygen atoms in total. The Hall–Kier alpha value is -1.49. The zero-order chi connectivity index (χ0) is 9.10. The monoisotopic (exact) mass is 195 g/mol.